The fourth-order valence-electron chi connectivity index (χ4n) is 11.7. The number of amides is 11. The van der Waals surface area contributed by atoms with Crippen LogP contribution in [0.4, 0.5) is 5.69 Å². The summed E-state index contributed by atoms with van der Waals surface area (Å²) in [6.07, 6.45) is -4.37. The normalized spacial score (nSPS) is 24.5. The first kappa shape index (κ1) is 73.3. The van der Waals surface area contributed by atoms with Crippen molar-refractivity contribution in [1.29, 1.82) is 0 Å². The number of H-pyrrole nitrogens is 1. The number of aliphatic hydroxyl groups is 3. The Bertz CT molecular complexity index is 3520. The molecule has 31 heteroatoms. The highest BCUT2D eigenvalue weighted by Gasteiger charge is 2.45. The number of nitrogens with zero attached hydrogens (tertiary/aromatic N) is 2. The molecule has 11 amide bonds. The lowest BCUT2D eigenvalue weighted by atomic mass is 9.85. The highest BCUT2D eigenvalue weighted by atomic mass is 32.2. The zero-order valence-corrected chi connectivity index (χ0v) is 54.3. The van der Waals surface area contributed by atoms with Crippen molar-refractivity contribution >= 4 is 110 Å². The van der Waals surface area contributed by atoms with Crippen LogP contribution in [0.15, 0.2) is 59.6 Å². The van der Waals surface area contributed by atoms with E-state index in [2.05, 4.69) is 47.5 Å². The van der Waals surface area contributed by atoms with Crippen molar-refractivity contribution in [2.24, 2.45) is 35.5 Å². The highest BCUT2D eigenvalue weighted by Crippen LogP contribution is 2.33. The number of hydrogen-bond donors (Lipinski definition) is 13. The maximum atomic E-state index is 15.1. The molecule has 514 valence electrons. The van der Waals surface area contributed by atoms with Gasteiger partial charge in [-0.2, -0.15) is 0 Å². The summed E-state index contributed by atoms with van der Waals surface area (Å²) in [6.45, 7) is 6.28. The molecule has 3 unspecified atom stereocenters. The maximum Gasteiger partial charge on any atom is 0.253 e. The second kappa shape index (κ2) is 32.9. The van der Waals surface area contributed by atoms with Crippen LogP contribution in [0.3, 0.4) is 0 Å². The predicted molar refractivity (Wildman–Crippen MR) is 338 cm³/mol. The van der Waals surface area contributed by atoms with Crippen LogP contribution in [0.25, 0.3) is 10.9 Å². The maximum absolute atomic E-state index is 15.1. The summed E-state index contributed by atoms with van der Waals surface area (Å²) < 4.78 is 15.1. The minimum absolute atomic E-state index is 0.119. The highest BCUT2D eigenvalue weighted by molar-refractivity contribution is 7.85. The summed E-state index contributed by atoms with van der Waals surface area (Å²) in [5.74, 6) is -18.3. The number of anilines is 1. The van der Waals surface area contributed by atoms with Gasteiger partial charge in [-0.25, -0.2) is 0 Å². The zero-order valence-electron chi connectivity index (χ0n) is 53.5. The number of phenolic OH excluding ortho intramolecular Hbond substituents is 1. The van der Waals surface area contributed by atoms with Gasteiger partial charge in [0, 0.05) is 105 Å². The third-order valence-corrected chi connectivity index (χ3v) is 19.0. The number of benzene rings is 2. The van der Waals surface area contributed by atoms with Crippen molar-refractivity contribution in [1.82, 2.24) is 52.0 Å². The Balaban J connectivity index is 1.17. The number of aromatic nitrogens is 1. The van der Waals surface area contributed by atoms with E-state index in [9.17, 15) is 78.0 Å². The van der Waals surface area contributed by atoms with Crippen LogP contribution in [0.1, 0.15) is 97.6 Å². The van der Waals surface area contributed by atoms with Gasteiger partial charge in [-0.3, -0.25) is 76.2 Å². The van der Waals surface area contributed by atoms with Crippen LogP contribution in [-0.4, -0.2) is 203 Å². The van der Waals surface area contributed by atoms with E-state index in [4.69, 9.17) is 0 Å². The third kappa shape index (κ3) is 19.1. The Kier molecular flexibility index (Phi) is 25.4. The summed E-state index contributed by atoms with van der Waals surface area (Å²) >= 11 is 0. The number of carbonyl (C=O) groups is 14. The second-order valence-electron chi connectivity index (χ2n) is 25.0. The van der Waals surface area contributed by atoms with Crippen molar-refractivity contribution in [3.05, 3.63) is 65.7 Å². The van der Waals surface area contributed by atoms with Gasteiger partial charge < -0.3 is 72.8 Å². The van der Waals surface area contributed by atoms with E-state index in [-0.39, 0.29) is 59.1 Å². The van der Waals surface area contributed by atoms with Gasteiger partial charge in [-0.1, -0.05) is 60.1 Å². The standard InChI is InChI=1S/C64H83N11O19S/c1-7-32(4)57-62(92)67-26-52(85)69-44-30-95(94)63-42(41-13-12-39(77)23-43(41)70-63)19-36(60(90)66-27-53(86)72-57)20-48(81)58(34(6)49(82)29-76)73-61(91)45-24-40(78)28-75(45)64(93)37(21-46(44)79)22-51(84)65-25-35-8-10-38(11-9-35)68-59(89)33(5)18-47(80)56(31(2)3)71-50(83)16-17-74-54(87)14-15-55(74)88/h8-15,23,31-34,36-37,40,44-45,49,56-58,70,76-78,82H,7,16-22,24-30H2,1-6H3,(H,65,84)(H,66,90)(H,67,92)(H,68,89)(H,69,85)(H,71,83)(H,72,86)(H,73,91)/t32-,33+,34-,36+,37-,40?,44?,45-,49-,56?,57-,58-,95+/m0/s1. The lowest BCUT2D eigenvalue weighted by molar-refractivity contribution is -0.145. The molecule has 5 heterocycles. The third-order valence-electron chi connectivity index (χ3n) is 17.6. The van der Waals surface area contributed by atoms with Crippen molar-refractivity contribution in [3.8, 4) is 5.75 Å². The van der Waals surface area contributed by atoms with Crippen LogP contribution < -0.4 is 42.5 Å². The first-order valence-electron chi connectivity index (χ1n) is 31.5. The lowest BCUT2D eigenvalue weighted by Crippen LogP contribution is -2.56. The van der Waals surface area contributed by atoms with E-state index in [0.29, 0.717) is 17.7 Å². The summed E-state index contributed by atoms with van der Waals surface area (Å²) in [7, 11) is -2.41. The smallest absolute Gasteiger partial charge is 0.253 e. The van der Waals surface area contributed by atoms with E-state index in [1.54, 1.807) is 39.8 Å². The molecule has 30 nitrogen and oxygen atoms in total. The molecule has 13 atom stereocenters. The minimum Gasteiger partial charge on any atom is -0.508 e. The van der Waals surface area contributed by atoms with E-state index >= 15 is 13.8 Å². The molecule has 13 N–H and O–H groups in total. The molecule has 7 rings (SSSR count). The summed E-state index contributed by atoms with van der Waals surface area (Å²) in [5, 5.41) is 63.6. The second-order valence-corrected chi connectivity index (χ2v) is 26.5. The van der Waals surface area contributed by atoms with Gasteiger partial charge in [0.1, 0.15) is 22.9 Å². The average molecular weight is 1340 g/mol. The fourth-order valence-corrected chi connectivity index (χ4v) is 13.2. The first-order chi connectivity index (χ1) is 45.0. The van der Waals surface area contributed by atoms with Crippen molar-refractivity contribution in [3.63, 3.8) is 0 Å². The quantitative estimate of drug-likeness (QED) is 0.0582. The van der Waals surface area contributed by atoms with Gasteiger partial charge in [-0.15, -0.1) is 0 Å². The number of ketones is 3. The van der Waals surface area contributed by atoms with Crippen molar-refractivity contribution < 1.29 is 91.8 Å². The number of imide groups is 1. The number of aromatic hydroxyl groups is 1. The largest absolute Gasteiger partial charge is 0.508 e. The molecule has 0 aliphatic carbocycles. The number of aliphatic hydroxyl groups excluding tert-OH is 3. The van der Waals surface area contributed by atoms with Gasteiger partial charge in [-0.05, 0) is 53.6 Å². The molecule has 1 fully saturated rings. The van der Waals surface area contributed by atoms with E-state index in [1.165, 1.54) is 44.2 Å². The molecular formula is C64H83N11O19S. The Morgan fingerprint density at radius 1 is 0.779 bits per heavy atom. The van der Waals surface area contributed by atoms with Crippen LogP contribution in [0, 0.1) is 35.5 Å². The van der Waals surface area contributed by atoms with Gasteiger partial charge in [0.05, 0.1) is 78.0 Å². The van der Waals surface area contributed by atoms with Gasteiger partial charge in [0.25, 0.3) is 11.8 Å². The Labute approximate surface area is 549 Å². The summed E-state index contributed by atoms with van der Waals surface area (Å²) in [6, 6.07) is 2.76. The van der Waals surface area contributed by atoms with Crippen LogP contribution >= 0.6 is 0 Å². The minimum atomic E-state index is -2.41. The Morgan fingerprint density at radius 2 is 1.44 bits per heavy atom. The molecule has 4 aliphatic rings. The number of carbonyl (C=O) groups excluding carboxylic acids is 14. The lowest BCUT2D eigenvalue weighted by Gasteiger charge is -2.32. The topological polar surface area (TPSA) is 455 Å². The number of nitrogens with one attached hydrogen (secondary N) is 9. The predicted octanol–water partition coefficient (Wildman–Crippen LogP) is -1.92. The first-order valence-corrected chi connectivity index (χ1v) is 32.8. The van der Waals surface area contributed by atoms with Gasteiger partial charge >= 0.3 is 0 Å². The summed E-state index contributed by atoms with van der Waals surface area (Å²) in [5.41, 5.74) is 1.05. The van der Waals surface area contributed by atoms with Gasteiger partial charge in [0.2, 0.25) is 53.2 Å². The van der Waals surface area contributed by atoms with Crippen LogP contribution in [0.2, 0.25) is 0 Å². The summed E-state index contributed by atoms with van der Waals surface area (Å²) in [4.78, 5) is 198. The molecule has 4 aliphatic heterocycles. The van der Waals surface area contributed by atoms with Crippen molar-refractivity contribution in [2.45, 2.75) is 147 Å². The molecule has 0 saturated carbocycles. The fraction of sp³-hybridized carbons (Fsp3) is 0.531. The molecule has 1 saturated heterocycles. The number of rotatable bonds is 19. The van der Waals surface area contributed by atoms with Gasteiger partial charge in [0.15, 0.2) is 17.3 Å². The average Bonchev–Trinajstić information content (AvgIpc) is 1.65. The zero-order chi connectivity index (χ0) is 69.7. The molecule has 2 aromatic carbocycles. The number of Topliss-reactive ketones (excluding diaryl/α,β-unsaturated/α-hetero) is 3. The van der Waals surface area contributed by atoms with Crippen LogP contribution in [0.5, 0.6) is 5.75 Å². The molecule has 0 radical (unpaired) electrons. The monoisotopic (exact) mass is 1340 g/mol. The number of hydrogen-bond acceptors (Lipinski definition) is 19. The van der Waals surface area contributed by atoms with E-state index in [0.717, 1.165) is 22.0 Å². The molecule has 0 spiro atoms. The Morgan fingerprint density at radius 3 is 2.09 bits per heavy atom. The number of phenols is 1. The van der Waals surface area contributed by atoms with Crippen LogP contribution in [-0.2, 0) is 90.9 Å². The number of aromatic amines is 1. The molecule has 3 aromatic rings. The van der Waals surface area contributed by atoms with E-state index in [1.807, 2.05) is 0 Å². The molecule has 95 heavy (non-hydrogen) atoms. The number of fused-ring (bicyclic) bond motifs is 5. The van der Waals surface area contributed by atoms with Crippen molar-refractivity contribution in [2.75, 3.05) is 43.9 Å². The Hall–Kier alpha value is -9.07. The molecule has 2 bridgehead atoms. The molecule has 1 aromatic heterocycles. The molecular weight excluding hydrogens is 1260 g/mol. The SMILES string of the molecule is CC[C@H](C)[C@@H]1NC(=O)CNC(=O)[C@H]2CC(=O)[C@H]([C@@H](C)[C@@H](O)CO)NC(=O)[C@@H]3CC(O)CN3C(=O)[C@H](CC(=O)NCc3ccc(NC(=O)[C@H](C)CC(=O)C(NC(=O)CCN4C(=O)C=CC4=O)C(C)C)cc3)CC(=O)C(C[S@@](=O)c3[nH]c4cc(O)ccc4c3C2)NC(=O)CNC1=O. The van der Waals surface area contributed by atoms with E-state index < -0.39 is 229 Å².